The Bertz CT molecular complexity index is 354. The average molecular weight is 235 g/mol. The summed E-state index contributed by atoms with van der Waals surface area (Å²) in [5.74, 6) is 0. The highest BCUT2D eigenvalue weighted by atomic mass is 35.5. The second-order valence-corrected chi connectivity index (χ2v) is 5.82. The van der Waals surface area contributed by atoms with Gasteiger partial charge in [-0.25, -0.2) is 4.48 Å². The molecule has 2 heterocycles. The van der Waals surface area contributed by atoms with E-state index in [0.29, 0.717) is 11.1 Å². The van der Waals surface area contributed by atoms with E-state index >= 15 is 0 Å². The van der Waals surface area contributed by atoms with E-state index in [0.717, 1.165) is 0 Å². The first-order chi connectivity index (χ1) is 5.45. The number of rotatable bonds is 0. The molecule has 80 valence electrons. The Morgan fingerprint density at radius 3 is 1.43 bits per heavy atom. The zero-order chi connectivity index (χ0) is 8.57. The monoisotopic (exact) mass is 234 g/mol. The van der Waals surface area contributed by atoms with Crippen molar-refractivity contribution in [3.8, 4) is 0 Å². The fourth-order valence-electron chi connectivity index (χ4n) is 4.91. The Hall–Kier alpha value is 0.240. The van der Waals surface area contributed by atoms with Gasteiger partial charge in [-0.15, -0.1) is 0 Å². The van der Waals surface area contributed by atoms with Gasteiger partial charge in [0.25, 0.3) is 0 Å². The molecule has 0 aromatic heterocycles. The van der Waals surface area contributed by atoms with Crippen molar-refractivity contribution in [2.24, 2.45) is 0 Å². The molecule has 2 nitrogen and oxygen atoms in total. The molecule has 2 aliphatic carbocycles. The van der Waals surface area contributed by atoms with E-state index in [1.54, 1.807) is 11.4 Å². The fraction of sp³-hybridized carbons (Fsp3) is 0.800. The van der Waals surface area contributed by atoms with Crippen LogP contribution in [-0.4, -0.2) is 48.2 Å². The van der Waals surface area contributed by atoms with Crippen LogP contribution in [0.2, 0.25) is 0 Å². The van der Waals surface area contributed by atoms with Crippen molar-refractivity contribution in [3.63, 3.8) is 0 Å². The summed E-state index contributed by atoms with van der Waals surface area (Å²) in [6.45, 7) is 0. The highest BCUT2D eigenvalue weighted by Gasteiger charge is 3.14. The van der Waals surface area contributed by atoms with Crippen LogP contribution in [0.15, 0.2) is 11.4 Å². The maximum Gasteiger partial charge on any atom is 0.247 e. The smallest absolute Gasteiger partial charge is 0.247 e. The van der Waals surface area contributed by atoms with Crippen molar-refractivity contribution in [3.05, 3.63) is 11.4 Å². The second kappa shape index (κ2) is 1.91. The van der Waals surface area contributed by atoms with Crippen molar-refractivity contribution < 1.29 is 33.8 Å². The Balaban J connectivity index is 0.000000375. The first kappa shape index (κ1) is 10.7. The highest BCUT2D eigenvalue weighted by Crippen LogP contribution is 2.92. The van der Waals surface area contributed by atoms with Gasteiger partial charge in [0, 0.05) is 12.8 Å². The van der Waals surface area contributed by atoms with Crippen LogP contribution >= 0.6 is 0 Å². The van der Waals surface area contributed by atoms with Crippen LogP contribution in [0.4, 0.5) is 0 Å². The molecular formula is C10H16Cl2N2. The zero-order valence-electron chi connectivity index (χ0n) is 9.06. The number of hydrogen-bond acceptors (Lipinski definition) is 0. The number of hydrogen-bond donors (Lipinski definition) is 0. The molecule has 2 aliphatic heterocycles. The molecule has 2 unspecified atom stereocenters. The third-order valence-corrected chi connectivity index (χ3v) is 5.47. The van der Waals surface area contributed by atoms with Crippen LogP contribution in [0.5, 0.6) is 0 Å². The Labute approximate surface area is 97.6 Å². The first-order valence-electron chi connectivity index (χ1n) is 4.89. The molecule has 0 aromatic carbocycles. The normalized spacial score (nSPS) is 50.6. The molecule has 1 saturated carbocycles. The number of quaternary nitrogens is 2. The molecule has 0 aromatic rings. The van der Waals surface area contributed by atoms with Crippen LogP contribution in [-0.2, 0) is 0 Å². The molecular weight excluding hydrogens is 219 g/mol. The number of piperazine rings is 1. The molecule has 0 N–H and O–H groups in total. The van der Waals surface area contributed by atoms with Gasteiger partial charge in [-0.3, -0.25) is 4.48 Å². The lowest BCUT2D eigenvalue weighted by molar-refractivity contribution is -0.844. The summed E-state index contributed by atoms with van der Waals surface area (Å²) in [7, 11) is 9.54. The minimum atomic E-state index is 0. The van der Waals surface area contributed by atoms with E-state index in [4.69, 9.17) is 0 Å². The van der Waals surface area contributed by atoms with Crippen molar-refractivity contribution in [2.75, 3.05) is 28.2 Å². The van der Waals surface area contributed by atoms with E-state index in [2.05, 4.69) is 28.2 Å². The van der Waals surface area contributed by atoms with Gasteiger partial charge in [0.05, 0.1) is 28.2 Å². The molecule has 0 amide bonds. The molecule has 2 atom stereocenters. The van der Waals surface area contributed by atoms with Gasteiger partial charge >= 0.3 is 0 Å². The van der Waals surface area contributed by atoms with Gasteiger partial charge in [-0.05, 0) is 0 Å². The summed E-state index contributed by atoms with van der Waals surface area (Å²) in [6.07, 6.45) is 2.92. The van der Waals surface area contributed by atoms with Crippen molar-refractivity contribution in [1.29, 1.82) is 0 Å². The predicted octanol–water partition coefficient (Wildman–Crippen LogP) is -5.33. The summed E-state index contributed by atoms with van der Waals surface area (Å²) >= 11 is 0. The van der Waals surface area contributed by atoms with Gasteiger partial charge < -0.3 is 24.8 Å². The molecule has 4 heteroatoms. The van der Waals surface area contributed by atoms with Crippen LogP contribution in [0.1, 0.15) is 12.8 Å². The summed E-state index contributed by atoms with van der Waals surface area (Å²) in [5.41, 5.74) is 4.90. The maximum atomic E-state index is 2.42. The van der Waals surface area contributed by atoms with Gasteiger partial charge in [-0.1, -0.05) is 0 Å². The molecule has 2 fully saturated rings. The minimum absolute atomic E-state index is 0. The third-order valence-electron chi connectivity index (χ3n) is 5.47. The Kier molecular flexibility index (Phi) is 1.47. The van der Waals surface area contributed by atoms with Crippen LogP contribution in [0, 0.1) is 0 Å². The summed E-state index contributed by atoms with van der Waals surface area (Å²) < 4.78 is 2.48. The maximum absolute atomic E-state index is 2.42. The van der Waals surface area contributed by atoms with Gasteiger partial charge in [-0.2, -0.15) is 0 Å². The van der Waals surface area contributed by atoms with Crippen LogP contribution in [0.25, 0.3) is 0 Å². The minimum Gasteiger partial charge on any atom is -1.00 e. The fourth-order valence-corrected chi connectivity index (χ4v) is 4.91. The molecule has 0 bridgehead atoms. The number of likely N-dealkylation sites (N-methyl/N-ethyl adjacent to an activating group) is 2. The summed E-state index contributed by atoms with van der Waals surface area (Å²) in [4.78, 5) is 0. The van der Waals surface area contributed by atoms with Crippen molar-refractivity contribution >= 4 is 0 Å². The lowest BCUT2D eigenvalue weighted by Crippen LogP contribution is -3.00. The molecule has 0 spiro atoms. The van der Waals surface area contributed by atoms with Gasteiger partial charge in [0.15, 0.2) is 0 Å². The third kappa shape index (κ3) is 0.456. The lowest BCUT2D eigenvalue weighted by Gasteiger charge is -2.17. The van der Waals surface area contributed by atoms with E-state index in [-0.39, 0.29) is 24.8 Å². The van der Waals surface area contributed by atoms with E-state index in [1.807, 2.05) is 0 Å². The standard InChI is InChI=1S/C10H16N2.2ClH/c1-11(2)7-8(11)10-6-5-9(7,10)12(10,3)4;;/h5-6H2,1-4H3;2*1H/q+2;;/p-2. The number of nitrogens with zero attached hydrogens (tertiary/aromatic N) is 2. The largest absolute Gasteiger partial charge is 1.00 e. The van der Waals surface area contributed by atoms with Crippen LogP contribution in [0.3, 0.4) is 0 Å². The van der Waals surface area contributed by atoms with Gasteiger partial charge in [0.2, 0.25) is 22.5 Å². The molecule has 14 heavy (non-hydrogen) atoms. The van der Waals surface area contributed by atoms with E-state index in [1.165, 1.54) is 21.8 Å². The summed E-state index contributed by atoms with van der Waals surface area (Å²) in [6, 6.07) is 0. The highest BCUT2D eigenvalue weighted by molar-refractivity contribution is 5.64. The average Bonchev–Trinajstić information content (AvgIpc) is 2.47. The predicted molar refractivity (Wildman–Crippen MR) is 45.9 cm³/mol. The second-order valence-electron chi connectivity index (χ2n) is 5.82. The first-order valence-corrected chi connectivity index (χ1v) is 4.89. The quantitative estimate of drug-likeness (QED) is 0.290. The molecule has 0 radical (unpaired) electrons. The van der Waals surface area contributed by atoms with Gasteiger partial charge in [0.1, 0.15) is 0 Å². The molecule has 1 saturated heterocycles. The zero-order valence-corrected chi connectivity index (χ0v) is 10.6. The lowest BCUT2D eigenvalue weighted by atomic mass is 9.66. The van der Waals surface area contributed by atoms with Crippen molar-refractivity contribution in [2.45, 2.75) is 23.9 Å². The summed E-state index contributed by atoms with van der Waals surface area (Å²) in [5, 5.41) is 0. The van der Waals surface area contributed by atoms with Crippen LogP contribution < -0.4 is 24.8 Å². The Morgan fingerprint density at radius 1 is 0.857 bits per heavy atom. The van der Waals surface area contributed by atoms with E-state index in [9.17, 15) is 0 Å². The van der Waals surface area contributed by atoms with Crippen molar-refractivity contribution in [1.82, 2.24) is 0 Å². The topological polar surface area (TPSA) is 0 Å². The Morgan fingerprint density at radius 2 is 1.21 bits per heavy atom. The number of likely N-dealkylation sites (tertiary alicyclic amines) is 2. The molecule has 4 rings (SSSR count). The molecule has 4 aliphatic rings. The number of halogens is 2. The van der Waals surface area contributed by atoms with E-state index < -0.39 is 0 Å². The SMILES string of the molecule is C[N+]1(C)C2=C1C13CCC21[N+]3(C)C.[Cl-].[Cl-].